The Morgan fingerprint density at radius 1 is 0.630 bits per heavy atom. The van der Waals surface area contributed by atoms with Crippen LogP contribution in [0.3, 0.4) is 0 Å². The van der Waals surface area contributed by atoms with E-state index in [9.17, 15) is 0 Å². The van der Waals surface area contributed by atoms with Gasteiger partial charge in [-0.25, -0.2) is 12.2 Å². The summed E-state index contributed by atoms with van der Waals surface area (Å²) < 4.78 is 1.75. The molecule has 0 nitrogen and oxygen atoms in total. The predicted molar refractivity (Wildman–Crippen MR) is 241 cm³/mol. The van der Waals surface area contributed by atoms with E-state index in [2.05, 4.69) is 170 Å². The first kappa shape index (κ1) is 47.8. The van der Waals surface area contributed by atoms with Gasteiger partial charge in [0.15, 0.2) is 0 Å². The van der Waals surface area contributed by atoms with Crippen LogP contribution < -0.4 is 0 Å². The van der Waals surface area contributed by atoms with E-state index < -0.39 is 0 Å². The molecule has 0 fully saturated rings. The van der Waals surface area contributed by atoms with Crippen molar-refractivity contribution >= 4 is 28.0 Å². The van der Waals surface area contributed by atoms with Crippen molar-refractivity contribution in [2.45, 2.75) is 133 Å². The summed E-state index contributed by atoms with van der Waals surface area (Å²) in [4.78, 5) is 0. The maximum atomic E-state index is 3.95. The molecule has 0 unspecified atom stereocenters. The molecular weight excluding hydrogens is 775 g/mol. The molecular formula is C51H66Cl2Zr. The summed E-state index contributed by atoms with van der Waals surface area (Å²) in [6.07, 6.45) is 13.6. The van der Waals surface area contributed by atoms with Crippen molar-refractivity contribution in [3.05, 3.63) is 129 Å². The number of benzene rings is 4. The summed E-state index contributed by atoms with van der Waals surface area (Å²) in [5.41, 5.74) is 18.9. The van der Waals surface area contributed by atoms with Gasteiger partial charge < -0.3 is 0 Å². The average Bonchev–Trinajstić information content (AvgIpc) is 3.69. The van der Waals surface area contributed by atoms with Gasteiger partial charge in [0.2, 0.25) is 0 Å². The predicted octanol–water partition coefficient (Wildman–Crippen LogP) is 15.2. The van der Waals surface area contributed by atoms with Crippen LogP contribution in [0, 0.1) is 51.7 Å². The largest absolute Gasteiger partial charge is 0.273 e. The molecule has 4 aromatic carbocycles. The van der Waals surface area contributed by atoms with Crippen LogP contribution in [0.2, 0.25) is 0 Å². The quantitative estimate of drug-likeness (QED) is 0.149. The van der Waals surface area contributed by atoms with E-state index in [0.29, 0.717) is 0 Å². The zero-order valence-electron chi connectivity index (χ0n) is 35.7. The third-order valence-electron chi connectivity index (χ3n) is 9.61. The minimum atomic E-state index is 0. The second-order valence-corrected chi connectivity index (χ2v) is 20.0. The first-order valence-corrected chi connectivity index (χ1v) is 20.7. The summed E-state index contributed by atoms with van der Waals surface area (Å²) >= 11 is 1.65. The third-order valence-corrected chi connectivity index (χ3v) is 10.6. The Morgan fingerprint density at radius 2 is 1.11 bits per heavy atom. The minimum Gasteiger partial charge on any atom is -0.273 e. The molecule has 0 saturated heterocycles. The summed E-state index contributed by atoms with van der Waals surface area (Å²) in [7, 11) is 0. The SMILES string of the molecule is CC(C)C[C](=[Zr+2])CC(C)C.Cc1cc(C)cc(-c2[c-]c3c(cc2C(C)(C)C)-c2cc(C(C)(C)C)c(-c4cc(C)cc(C)c4)cc2C3)c1.Cl.Cl.[C-]1=CC=CC1. The standard InChI is InChI=1S/C37H41.C9H18.C5H5.2ClH.Zr/c1-22-11-23(2)14-26(13-22)32-18-28-17-29-19-33(27-15-24(3)12-25(4)16-27)35(37(8,9)10)21-31(29)30(28)20-34(32)36(5,6)7;1-8(2)6-5-7-9(3)4;1-2-4-5-3-1;;;/h11-16,18,20-21H,17H2,1-10H3;8-9H,6-7H2,1-4H3;1-3H,4H2;2*1H;/q-1;;-1;;;+2. The van der Waals surface area contributed by atoms with E-state index in [4.69, 9.17) is 0 Å². The van der Waals surface area contributed by atoms with Crippen molar-refractivity contribution in [3.8, 4) is 33.4 Å². The van der Waals surface area contributed by atoms with Gasteiger partial charge in [-0.05, 0) is 67.2 Å². The molecule has 0 aliphatic heterocycles. The molecule has 0 heterocycles. The van der Waals surface area contributed by atoms with Crippen LogP contribution in [0.15, 0.2) is 72.8 Å². The van der Waals surface area contributed by atoms with Gasteiger partial charge in [-0.15, -0.1) is 60.1 Å². The molecule has 3 heteroatoms. The number of fused-ring (bicyclic) bond motifs is 3. The number of aryl methyl sites for hydroxylation is 4. The fraction of sp³-hybridized carbons (Fsp3) is 0.431. The summed E-state index contributed by atoms with van der Waals surface area (Å²) in [6, 6.07) is 25.2. The number of rotatable bonds is 6. The van der Waals surface area contributed by atoms with E-state index >= 15 is 0 Å². The molecule has 2 aliphatic rings. The number of allylic oxidation sites excluding steroid dienone is 4. The van der Waals surface area contributed by atoms with Crippen LogP contribution in [-0.2, 0) is 41.5 Å². The van der Waals surface area contributed by atoms with Gasteiger partial charge in [0, 0.05) is 0 Å². The average molecular weight is 841 g/mol. The maximum absolute atomic E-state index is 3.95. The smallest absolute Gasteiger partial charge is 0.0126 e. The van der Waals surface area contributed by atoms with Crippen LogP contribution in [-0.4, -0.2) is 3.21 Å². The van der Waals surface area contributed by atoms with E-state index in [1.807, 2.05) is 12.2 Å². The molecule has 6 rings (SSSR count). The van der Waals surface area contributed by atoms with Crippen molar-refractivity contribution in [2.24, 2.45) is 11.8 Å². The minimum absolute atomic E-state index is 0. The Balaban J connectivity index is 0.000000498. The van der Waals surface area contributed by atoms with E-state index in [0.717, 1.165) is 24.7 Å². The van der Waals surface area contributed by atoms with Gasteiger partial charge in [0.1, 0.15) is 0 Å². The number of hydrogen-bond acceptors (Lipinski definition) is 0. The summed E-state index contributed by atoms with van der Waals surface area (Å²) in [6.45, 7) is 32.0. The van der Waals surface area contributed by atoms with Gasteiger partial charge in [0.25, 0.3) is 0 Å². The first-order valence-electron chi connectivity index (χ1n) is 19.5. The van der Waals surface area contributed by atoms with E-state index in [1.54, 1.807) is 27.4 Å². The Bertz CT molecular complexity index is 1780. The molecule has 2 aliphatic carbocycles. The van der Waals surface area contributed by atoms with Crippen LogP contribution in [0.1, 0.15) is 133 Å². The van der Waals surface area contributed by atoms with Gasteiger partial charge in [-0.2, -0.15) is 6.08 Å². The zero-order chi connectivity index (χ0) is 38.5. The second kappa shape index (κ2) is 20.2. The zero-order valence-corrected chi connectivity index (χ0v) is 39.8. The molecule has 0 atom stereocenters. The molecule has 4 aromatic rings. The molecule has 0 N–H and O–H groups in total. The maximum Gasteiger partial charge on any atom is -0.0126 e. The van der Waals surface area contributed by atoms with Crippen LogP contribution >= 0.6 is 24.8 Å². The Hall–Kier alpha value is -2.31. The van der Waals surface area contributed by atoms with Crippen LogP contribution in [0.5, 0.6) is 0 Å². The van der Waals surface area contributed by atoms with E-state index in [1.165, 1.54) is 90.7 Å². The summed E-state index contributed by atoms with van der Waals surface area (Å²) in [5.74, 6) is 1.71. The van der Waals surface area contributed by atoms with Crippen molar-refractivity contribution < 1.29 is 24.2 Å². The number of hydrogen-bond donors (Lipinski definition) is 0. The molecule has 0 aromatic heterocycles. The molecule has 0 bridgehead atoms. The Morgan fingerprint density at radius 3 is 1.52 bits per heavy atom. The molecule has 0 amide bonds. The van der Waals surface area contributed by atoms with Gasteiger partial charge in [0.05, 0.1) is 0 Å². The van der Waals surface area contributed by atoms with Crippen LogP contribution in [0.25, 0.3) is 33.4 Å². The molecule has 54 heavy (non-hydrogen) atoms. The van der Waals surface area contributed by atoms with Crippen molar-refractivity contribution in [3.63, 3.8) is 0 Å². The normalized spacial score (nSPS) is 12.6. The summed E-state index contributed by atoms with van der Waals surface area (Å²) in [5, 5.41) is 0. The van der Waals surface area contributed by atoms with Crippen molar-refractivity contribution in [1.29, 1.82) is 0 Å². The fourth-order valence-corrected chi connectivity index (χ4v) is 9.54. The van der Waals surface area contributed by atoms with Gasteiger partial charge in [-0.1, -0.05) is 129 Å². The fourth-order valence-electron chi connectivity index (χ4n) is 7.54. The molecule has 0 spiro atoms. The third kappa shape index (κ3) is 13.1. The van der Waals surface area contributed by atoms with Gasteiger partial charge >= 0.3 is 79.8 Å². The Labute approximate surface area is 357 Å². The molecule has 0 saturated carbocycles. The monoisotopic (exact) mass is 838 g/mol. The topological polar surface area (TPSA) is 0 Å². The molecule has 288 valence electrons. The number of halogens is 2. The van der Waals surface area contributed by atoms with Crippen molar-refractivity contribution in [1.82, 2.24) is 0 Å². The first-order chi connectivity index (χ1) is 24.2. The van der Waals surface area contributed by atoms with Gasteiger partial charge in [-0.3, -0.25) is 6.08 Å². The second-order valence-electron chi connectivity index (χ2n) is 18.2. The molecule has 0 radical (unpaired) electrons. The van der Waals surface area contributed by atoms with Crippen molar-refractivity contribution in [2.75, 3.05) is 0 Å². The van der Waals surface area contributed by atoms with E-state index in [-0.39, 0.29) is 35.6 Å². The Kier molecular flexibility index (Phi) is 17.9. The van der Waals surface area contributed by atoms with Crippen LogP contribution in [0.4, 0.5) is 0 Å².